The molecule has 3 rings (SSSR count). The first-order chi connectivity index (χ1) is 8.92. The summed E-state index contributed by atoms with van der Waals surface area (Å²) in [5.74, 6) is 0.728. The standard InChI is InChI=1S/C14H18N4/c1-2-6-13-11(4-1)10-17-14(18-13)16-9-7-12-5-3-8-15-12/h1-2,4,6,10,12,15H,3,5,7-9H2,(H,16,17,18). The van der Waals surface area contributed by atoms with E-state index in [4.69, 9.17) is 0 Å². The second kappa shape index (κ2) is 5.31. The smallest absolute Gasteiger partial charge is 0.223 e. The normalized spacial score (nSPS) is 19.2. The van der Waals surface area contributed by atoms with Gasteiger partial charge in [0.1, 0.15) is 0 Å². The first-order valence-corrected chi connectivity index (χ1v) is 6.61. The Bertz CT molecular complexity index is 520. The van der Waals surface area contributed by atoms with Crippen LogP contribution < -0.4 is 10.6 Å². The van der Waals surface area contributed by atoms with E-state index in [0.29, 0.717) is 6.04 Å². The molecule has 1 aromatic heterocycles. The lowest BCUT2D eigenvalue weighted by Crippen LogP contribution is -2.24. The number of anilines is 1. The lowest BCUT2D eigenvalue weighted by molar-refractivity contribution is 0.574. The Labute approximate surface area is 107 Å². The minimum absolute atomic E-state index is 0.665. The Morgan fingerprint density at radius 1 is 1.33 bits per heavy atom. The van der Waals surface area contributed by atoms with Gasteiger partial charge in [-0.3, -0.25) is 0 Å². The maximum Gasteiger partial charge on any atom is 0.223 e. The van der Waals surface area contributed by atoms with Gasteiger partial charge < -0.3 is 10.6 Å². The van der Waals surface area contributed by atoms with Crippen LogP contribution in [0.1, 0.15) is 19.3 Å². The van der Waals surface area contributed by atoms with Gasteiger partial charge in [0.2, 0.25) is 5.95 Å². The number of nitrogens with one attached hydrogen (secondary N) is 2. The first-order valence-electron chi connectivity index (χ1n) is 6.61. The Morgan fingerprint density at radius 3 is 3.17 bits per heavy atom. The van der Waals surface area contributed by atoms with Crippen molar-refractivity contribution in [1.82, 2.24) is 15.3 Å². The molecule has 4 heteroatoms. The van der Waals surface area contributed by atoms with Crippen molar-refractivity contribution in [2.24, 2.45) is 0 Å². The van der Waals surface area contributed by atoms with E-state index < -0.39 is 0 Å². The van der Waals surface area contributed by atoms with Gasteiger partial charge in [-0.1, -0.05) is 18.2 Å². The van der Waals surface area contributed by atoms with Gasteiger partial charge in [0.25, 0.3) is 0 Å². The third-order valence-corrected chi connectivity index (χ3v) is 3.43. The molecule has 0 spiro atoms. The monoisotopic (exact) mass is 242 g/mol. The van der Waals surface area contributed by atoms with E-state index >= 15 is 0 Å². The summed E-state index contributed by atoms with van der Waals surface area (Å²) in [6.07, 6.45) is 5.60. The van der Waals surface area contributed by atoms with E-state index in [1.807, 2.05) is 30.5 Å². The maximum atomic E-state index is 4.50. The minimum atomic E-state index is 0.665. The first kappa shape index (κ1) is 11.4. The number of para-hydroxylation sites is 1. The average Bonchev–Trinajstić information content (AvgIpc) is 2.92. The van der Waals surface area contributed by atoms with Crippen LogP contribution in [0, 0.1) is 0 Å². The van der Waals surface area contributed by atoms with Crippen LogP contribution in [-0.4, -0.2) is 29.1 Å². The summed E-state index contributed by atoms with van der Waals surface area (Å²) in [4.78, 5) is 8.83. The molecule has 0 radical (unpaired) electrons. The highest BCUT2D eigenvalue weighted by atomic mass is 15.1. The molecule has 1 atom stereocenters. The quantitative estimate of drug-likeness (QED) is 0.863. The molecular formula is C14H18N4. The van der Waals surface area contributed by atoms with Gasteiger partial charge in [0.15, 0.2) is 0 Å². The molecular weight excluding hydrogens is 224 g/mol. The summed E-state index contributed by atoms with van der Waals surface area (Å²) in [6, 6.07) is 8.71. The summed E-state index contributed by atoms with van der Waals surface area (Å²) in [6.45, 7) is 2.09. The molecule has 1 aliphatic heterocycles. The number of hydrogen-bond donors (Lipinski definition) is 2. The van der Waals surface area contributed by atoms with Crippen molar-refractivity contribution in [3.63, 3.8) is 0 Å². The van der Waals surface area contributed by atoms with E-state index in [1.54, 1.807) is 0 Å². The van der Waals surface area contributed by atoms with Gasteiger partial charge in [-0.2, -0.15) is 0 Å². The number of fused-ring (bicyclic) bond motifs is 1. The van der Waals surface area contributed by atoms with E-state index in [0.717, 1.165) is 36.4 Å². The molecule has 1 fully saturated rings. The van der Waals surface area contributed by atoms with Crippen LogP contribution in [0.25, 0.3) is 10.9 Å². The number of rotatable bonds is 4. The lowest BCUT2D eigenvalue weighted by Gasteiger charge is -2.10. The van der Waals surface area contributed by atoms with E-state index in [2.05, 4.69) is 20.6 Å². The molecule has 2 aromatic rings. The average molecular weight is 242 g/mol. The van der Waals surface area contributed by atoms with E-state index in [-0.39, 0.29) is 0 Å². The highest BCUT2D eigenvalue weighted by Crippen LogP contribution is 2.12. The number of nitrogens with zero attached hydrogens (tertiary/aromatic N) is 2. The topological polar surface area (TPSA) is 49.8 Å². The minimum Gasteiger partial charge on any atom is -0.354 e. The zero-order chi connectivity index (χ0) is 12.2. The molecule has 1 aliphatic rings. The second-order valence-electron chi connectivity index (χ2n) is 4.76. The molecule has 0 aliphatic carbocycles. The maximum absolute atomic E-state index is 4.50. The van der Waals surface area contributed by atoms with Gasteiger partial charge in [0, 0.05) is 24.2 Å². The van der Waals surface area contributed by atoms with Crippen LogP contribution in [0.2, 0.25) is 0 Å². The SMILES string of the molecule is c1ccc2nc(NCCC3CCCN3)ncc2c1. The van der Waals surface area contributed by atoms with Crippen LogP contribution >= 0.6 is 0 Å². The third-order valence-electron chi connectivity index (χ3n) is 3.43. The van der Waals surface area contributed by atoms with Gasteiger partial charge >= 0.3 is 0 Å². The van der Waals surface area contributed by atoms with Crippen molar-refractivity contribution in [3.05, 3.63) is 30.5 Å². The number of benzene rings is 1. The zero-order valence-electron chi connectivity index (χ0n) is 10.4. The molecule has 2 N–H and O–H groups in total. The predicted molar refractivity (Wildman–Crippen MR) is 73.7 cm³/mol. The fourth-order valence-electron chi connectivity index (χ4n) is 2.42. The third kappa shape index (κ3) is 2.59. The highest BCUT2D eigenvalue weighted by Gasteiger charge is 2.13. The van der Waals surface area contributed by atoms with Crippen molar-refractivity contribution in [2.75, 3.05) is 18.4 Å². The molecule has 0 saturated carbocycles. The Hall–Kier alpha value is -1.68. The summed E-state index contributed by atoms with van der Waals surface area (Å²) in [7, 11) is 0. The van der Waals surface area contributed by atoms with Crippen molar-refractivity contribution in [3.8, 4) is 0 Å². The van der Waals surface area contributed by atoms with Gasteiger partial charge in [0.05, 0.1) is 5.52 Å². The molecule has 0 bridgehead atoms. The molecule has 1 saturated heterocycles. The summed E-state index contributed by atoms with van der Waals surface area (Å²) >= 11 is 0. The van der Waals surface area contributed by atoms with Gasteiger partial charge in [-0.15, -0.1) is 0 Å². The Morgan fingerprint density at radius 2 is 2.28 bits per heavy atom. The molecule has 2 heterocycles. The predicted octanol–water partition coefficient (Wildman–Crippen LogP) is 2.18. The Balaban J connectivity index is 1.60. The van der Waals surface area contributed by atoms with Gasteiger partial charge in [-0.05, 0) is 31.9 Å². The summed E-state index contributed by atoms with van der Waals surface area (Å²) < 4.78 is 0. The van der Waals surface area contributed by atoms with Crippen molar-refractivity contribution >= 4 is 16.9 Å². The summed E-state index contributed by atoms with van der Waals surface area (Å²) in [5, 5.41) is 7.88. The van der Waals surface area contributed by atoms with Crippen LogP contribution in [0.3, 0.4) is 0 Å². The van der Waals surface area contributed by atoms with E-state index in [9.17, 15) is 0 Å². The van der Waals surface area contributed by atoms with Crippen molar-refractivity contribution in [2.45, 2.75) is 25.3 Å². The fourth-order valence-corrected chi connectivity index (χ4v) is 2.42. The lowest BCUT2D eigenvalue weighted by atomic mass is 10.1. The molecule has 18 heavy (non-hydrogen) atoms. The van der Waals surface area contributed by atoms with Crippen LogP contribution in [0.5, 0.6) is 0 Å². The van der Waals surface area contributed by atoms with Crippen LogP contribution in [0.4, 0.5) is 5.95 Å². The van der Waals surface area contributed by atoms with E-state index in [1.165, 1.54) is 12.8 Å². The molecule has 0 amide bonds. The number of aromatic nitrogens is 2. The summed E-state index contributed by atoms with van der Waals surface area (Å²) in [5.41, 5.74) is 0.994. The number of hydrogen-bond acceptors (Lipinski definition) is 4. The van der Waals surface area contributed by atoms with Crippen LogP contribution in [-0.2, 0) is 0 Å². The second-order valence-corrected chi connectivity index (χ2v) is 4.76. The van der Waals surface area contributed by atoms with Crippen LogP contribution in [0.15, 0.2) is 30.5 Å². The zero-order valence-corrected chi connectivity index (χ0v) is 10.4. The molecule has 94 valence electrons. The molecule has 1 unspecified atom stereocenters. The fraction of sp³-hybridized carbons (Fsp3) is 0.429. The highest BCUT2D eigenvalue weighted by molar-refractivity contribution is 5.78. The molecule has 4 nitrogen and oxygen atoms in total. The Kier molecular flexibility index (Phi) is 3.37. The largest absolute Gasteiger partial charge is 0.354 e. The van der Waals surface area contributed by atoms with Gasteiger partial charge in [-0.25, -0.2) is 9.97 Å². The molecule has 1 aromatic carbocycles. The van der Waals surface area contributed by atoms with Crippen molar-refractivity contribution in [1.29, 1.82) is 0 Å². The van der Waals surface area contributed by atoms with Crippen molar-refractivity contribution < 1.29 is 0 Å².